The largest absolute Gasteiger partial charge is 0.497 e. The Balaban J connectivity index is 2.33. The Labute approximate surface area is 83.7 Å². The van der Waals surface area contributed by atoms with Gasteiger partial charge in [-0.1, -0.05) is 0 Å². The van der Waals surface area contributed by atoms with Gasteiger partial charge in [0.05, 0.1) is 13.2 Å². The number of fused-ring (bicyclic) bond motifs is 1. The van der Waals surface area contributed by atoms with Crippen molar-refractivity contribution < 1.29 is 9.84 Å². The molecule has 0 bridgehead atoms. The van der Waals surface area contributed by atoms with Crippen LogP contribution in [0.3, 0.4) is 0 Å². The van der Waals surface area contributed by atoms with Crippen LogP contribution in [0.2, 0.25) is 0 Å². The second-order valence-electron chi connectivity index (χ2n) is 3.73. The van der Waals surface area contributed by atoms with Crippen molar-refractivity contribution in [3.8, 4) is 5.75 Å². The highest BCUT2D eigenvalue weighted by Gasteiger charge is 2.22. The molecule has 0 saturated carbocycles. The normalized spacial score (nSPS) is 25.1. The number of benzene rings is 1. The summed E-state index contributed by atoms with van der Waals surface area (Å²) in [6.07, 6.45) is 0.385. The molecular formula is C11H15NO2. The predicted octanol–water partition coefficient (Wildman–Crippen LogP) is 1.41. The number of hydrogen-bond donors (Lipinski definition) is 2. The van der Waals surface area contributed by atoms with Crippen LogP contribution in [0.15, 0.2) is 18.2 Å². The summed E-state index contributed by atoms with van der Waals surface area (Å²) in [4.78, 5) is 0. The minimum absolute atomic E-state index is 0.121. The molecule has 0 radical (unpaired) electrons. The van der Waals surface area contributed by atoms with Gasteiger partial charge in [-0.3, -0.25) is 0 Å². The standard InChI is InChI=1S/C11H15NO2/c1-7-11(13)6-8-5-9(14-2)3-4-10(8)12-7/h3-5,7,11-13H,6H2,1-2H3. The Morgan fingerprint density at radius 3 is 3.00 bits per heavy atom. The topological polar surface area (TPSA) is 41.5 Å². The lowest BCUT2D eigenvalue weighted by Gasteiger charge is -2.29. The van der Waals surface area contributed by atoms with Crippen LogP contribution in [0.1, 0.15) is 12.5 Å². The van der Waals surface area contributed by atoms with Gasteiger partial charge in [0.25, 0.3) is 0 Å². The molecule has 14 heavy (non-hydrogen) atoms. The van der Waals surface area contributed by atoms with Crippen molar-refractivity contribution in [2.45, 2.75) is 25.5 Å². The summed E-state index contributed by atoms with van der Waals surface area (Å²) in [6, 6.07) is 6.01. The fourth-order valence-electron chi connectivity index (χ4n) is 1.75. The van der Waals surface area contributed by atoms with Gasteiger partial charge < -0.3 is 15.2 Å². The number of methoxy groups -OCH3 is 1. The van der Waals surface area contributed by atoms with Crippen LogP contribution < -0.4 is 10.1 Å². The summed E-state index contributed by atoms with van der Waals surface area (Å²) in [5.74, 6) is 0.840. The molecule has 2 unspecified atom stereocenters. The molecule has 2 rings (SSSR count). The van der Waals surface area contributed by atoms with Gasteiger partial charge in [0.15, 0.2) is 0 Å². The molecule has 0 saturated heterocycles. The van der Waals surface area contributed by atoms with Gasteiger partial charge in [-0.05, 0) is 30.7 Å². The van der Waals surface area contributed by atoms with Crippen LogP contribution >= 0.6 is 0 Å². The SMILES string of the molecule is COc1ccc2c(c1)CC(O)C(C)N2. The van der Waals surface area contributed by atoms with E-state index in [0.717, 1.165) is 17.0 Å². The summed E-state index contributed by atoms with van der Waals surface area (Å²) in [6.45, 7) is 1.98. The Morgan fingerprint density at radius 1 is 1.50 bits per heavy atom. The second kappa shape index (κ2) is 3.50. The average molecular weight is 193 g/mol. The molecule has 0 fully saturated rings. The Hall–Kier alpha value is -1.22. The zero-order valence-electron chi connectivity index (χ0n) is 8.45. The zero-order valence-corrected chi connectivity index (χ0v) is 8.45. The van der Waals surface area contributed by atoms with Crippen LogP contribution in [-0.2, 0) is 6.42 Å². The van der Waals surface area contributed by atoms with Gasteiger partial charge in [0.1, 0.15) is 5.75 Å². The predicted molar refractivity (Wildman–Crippen MR) is 55.8 cm³/mol. The van der Waals surface area contributed by atoms with Gasteiger partial charge in [0.2, 0.25) is 0 Å². The number of hydrogen-bond acceptors (Lipinski definition) is 3. The highest BCUT2D eigenvalue weighted by Crippen LogP contribution is 2.28. The zero-order chi connectivity index (χ0) is 10.1. The fourth-order valence-corrected chi connectivity index (χ4v) is 1.75. The Kier molecular flexibility index (Phi) is 2.33. The van der Waals surface area contributed by atoms with Crippen LogP contribution in [0, 0.1) is 0 Å². The molecular weight excluding hydrogens is 178 g/mol. The van der Waals surface area contributed by atoms with Crippen LogP contribution in [-0.4, -0.2) is 24.4 Å². The third kappa shape index (κ3) is 1.55. The molecule has 0 aliphatic carbocycles. The number of aliphatic hydroxyl groups excluding tert-OH is 1. The fraction of sp³-hybridized carbons (Fsp3) is 0.455. The highest BCUT2D eigenvalue weighted by atomic mass is 16.5. The first-order valence-corrected chi connectivity index (χ1v) is 4.82. The molecule has 76 valence electrons. The summed E-state index contributed by atoms with van der Waals surface area (Å²) < 4.78 is 5.13. The Morgan fingerprint density at radius 2 is 2.29 bits per heavy atom. The number of rotatable bonds is 1. The van der Waals surface area contributed by atoms with Crippen LogP contribution in [0.4, 0.5) is 5.69 Å². The molecule has 0 aromatic heterocycles. The highest BCUT2D eigenvalue weighted by molar-refractivity contribution is 5.57. The number of nitrogens with one attached hydrogen (secondary N) is 1. The third-order valence-corrected chi connectivity index (χ3v) is 2.70. The van der Waals surface area contributed by atoms with Crippen LogP contribution in [0.25, 0.3) is 0 Å². The molecule has 1 aliphatic heterocycles. The van der Waals surface area contributed by atoms with Crippen molar-refractivity contribution in [2.24, 2.45) is 0 Å². The molecule has 1 aliphatic rings. The molecule has 1 aromatic rings. The Bertz CT molecular complexity index is 338. The van der Waals surface area contributed by atoms with Gasteiger partial charge in [-0.2, -0.15) is 0 Å². The van der Waals surface area contributed by atoms with E-state index in [0.29, 0.717) is 6.42 Å². The van der Waals surface area contributed by atoms with E-state index in [2.05, 4.69) is 5.32 Å². The summed E-state index contributed by atoms with van der Waals surface area (Å²) in [5, 5.41) is 12.9. The van der Waals surface area contributed by atoms with Gasteiger partial charge in [-0.15, -0.1) is 0 Å². The van der Waals surface area contributed by atoms with Crippen molar-refractivity contribution in [1.29, 1.82) is 0 Å². The van der Waals surface area contributed by atoms with Gasteiger partial charge in [-0.25, -0.2) is 0 Å². The van der Waals surface area contributed by atoms with E-state index in [9.17, 15) is 5.11 Å². The lowest BCUT2D eigenvalue weighted by atomic mass is 9.96. The van der Waals surface area contributed by atoms with E-state index < -0.39 is 0 Å². The summed E-state index contributed by atoms with van der Waals surface area (Å²) in [5.41, 5.74) is 2.22. The van der Waals surface area contributed by atoms with Crippen molar-refractivity contribution in [3.63, 3.8) is 0 Å². The van der Waals surface area contributed by atoms with Crippen LogP contribution in [0.5, 0.6) is 5.75 Å². The minimum Gasteiger partial charge on any atom is -0.497 e. The summed E-state index contributed by atoms with van der Waals surface area (Å²) in [7, 11) is 1.65. The van der Waals surface area contributed by atoms with Gasteiger partial charge >= 0.3 is 0 Å². The minimum atomic E-state index is -0.311. The number of ether oxygens (including phenoxy) is 1. The first kappa shape index (κ1) is 9.34. The third-order valence-electron chi connectivity index (χ3n) is 2.70. The van der Waals surface area contributed by atoms with E-state index in [1.807, 2.05) is 25.1 Å². The molecule has 3 nitrogen and oxygen atoms in total. The van der Waals surface area contributed by atoms with Crippen molar-refractivity contribution in [3.05, 3.63) is 23.8 Å². The number of aliphatic hydroxyl groups is 1. The first-order valence-electron chi connectivity index (χ1n) is 4.82. The maximum Gasteiger partial charge on any atom is 0.119 e. The summed E-state index contributed by atoms with van der Waals surface area (Å²) >= 11 is 0. The van der Waals surface area contributed by atoms with Crippen molar-refractivity contribution in [1.82, 2.24) is 0 Å². The van der Waals surface area contributed by atoms with E-state index in [1.54, 1.807) is 7.11 Å². The number of anilines is 1. The first-order chi connectivity index (χ1) is 6.70. The monoisotopic (exact) mass is 193 g/mol. The van der Waals surface area contributed by atoms with Crippen molar-refractivity contribution in [2.75, 3.05) is 12.4 Å². The maximum atomic E-state index is 9.68. The average Bonchev–Trinajstić information content (AvgIpc) is 2.19. The molecule has 0 spiro atoms. The lowest BCUT2D eigenvalue weighted by Crippen LogP contribution is -2.36. The molecule has 0 amide bonds. The molecule has 1 heterocycles. The van der Waals surface area contributed by atoms with E-state index in [-0.39, 0.29) is 12.1 Å². The van der Waals surface area contributed by atoms with E-state index in [4.69, 9.17) is 4.74 Å². The van der Waals surface area contributed by atoms with E-state index in [1.165, 1.54) is 0 Å². The molecule has 2 N–H and O–H groups in total. The lowest BCUT2D eigenvalue weighted by molar-refractivity contribution is 0.154. The molecule has 3 heteroatoms. The van der Waals surface area contributed by atoms with E-state index >= 15 is 0 Å². The second-order valence-corrected chi connectivity index (χ2v) is 3.73. The maximum absolute atomic E-state index is 9.68. The molecule has 1 aromatic carbocycles. The van der Waals surface area contributed by atoms with Crippen molar-refractivity contribution >= 4 is 5.69 Å². The smallest absolute Gasteiger partial charge is 0.119 e. The van der Waals surface area contributed by atoms with Gasteiger partial charge in [0, 0.05) is 18.2 Å². The quantitative estimate of drug-likeness (QED) is 0.708. The molecule has 2 atom stereocenters.